The van der Waals surface area contributed by atoms with E-state index in [1.54, 1.807) is 27.7 Å². The first kappa shape index (κ1) is 23.5. The van der Waals surface area contributed by atoms with Gasteiger partial charge in [-0.15, -0.1) is 0 Å². The molecule has 0 aliphatic rings. The molecule has 1 rings (SSSR count). The van der Waals surface area contributed by atoms with Crippen LogP contribution in [0, 0.1) is 11.3 Å². The van der Waals surface area contributed by atoms with E-state index < -0.39 is 29.5 Å². The van der Waals surface area contributed by atoms with Gasteiger partial charge in [-0.2, -0.15) is 0 Å². The van der Waals surface area contributed by atoms with E-state index in [-0.39, 0.29) is 25.6 Å². The van der Waals surface area contributed by atoms with Gasteiger partial charge in [0.25, 0.3) is 0 Å². The molecule has 0 spiro atoms. The van der Waals surface area contributed by atoms with Crippen LogP contribution in [0.1, 0.15) is 52.5 Å². The summed E-state index contributed by atoms with van der Waals surface area (Å²) in [6, 6.07) is 8.34. The number of ether oxygens (including phenoxy) is 2. The molecule has 28 heavy (non-hydrogen) atoms. The molecule has 7 nitrogen and oxygen atoms in total. The second-order valence-corrected chi connectivity index (χ2v) is 7.14. The molecule has 0 bridgehead atoms. The standard InChI is InChI=1S/C21H31NO6/c1-5-21(6-2,19(24)25)12-13-27-18(23)17(15(3)4)22-20(26)28-14-16-10-8-7-9-11-16/h7-11,15,17H,5-6,12-14H2,1-4H3,(H,22,26)(H,24,25)/t17-/m0/s1. The molecule has 1 aromatic rings. The third-order valence-electron chi connectivity index (χ3n) is 5.04. The molecule has 2 N–H and O–H groups in total. The number of carboxylic acid groups (broad SMARTS) is 1. The second-order valence-electron chi connectivity index (χ2n) is 7.14. The van der Waals surface area contributed by atoms with Crippen LogP contribution in [0.3, 0.4) is 0 Å². The highest BCUT2D eigenvalue weighted by Gasteiger charge is 2.35. The number of hydrogen-bond donors (Lipinski definition) is 2. The first-order valence-electron chi connectivity index (χ1n) is 9.63. The Balaban J connectivity index is 2.56. The molecule has 0 fully saturated rings. The van der Waals surface area contributed by atoms with Crippen molar-refractivity contribution >= 4 is 18.0 Å². The van der Waals surface area contributed by atoms with Crippen LogP contribution in [0.15, 0.2) is 30.3 Å². The van der Waals surface area contributed by atoms with E-state index in [0.29, 0.717) is 12.8 Å². The number of esters is 1. The van der Waals surface area contributed by atoms with E-state index in [0.717, 1.165) is 5.56 Å². The van der Waals surface area contributed by atoms with Crippen LogP contribution in [-0.4, -0.2) is 35.8 Å². The summed E-state index contributed by atoms with van der Waals surface area (Å²) in [5.41, 5.74) is -0.0687. The number of nitrogens with one attached hydrogen (secondary N) is 1. The minimum absolute atomic E-state index is 0.0171. The van der Waals surface area contributed by atoms with Crippen molar-refractivity contribution in [2.45, 2.75) is 59.6 Å². The highest BCUT2D eigenvalue weighted by molar-refractivity contribution is 5.81. The van der Waals surface area contributed by atoms with Gasteiger partial charge in [0.1, 0.15) is 12.6 Å². The number of carbonyl (C=O) groups is 3. The summed E-state index contributed by atoms with van der Waals surface area (Å²) < 4.78 is 10.4. The van der Waals surface area contributed by atoms with Gasteiger partial charge in [0, 0.05) is 0 Å². The van der Waals surface area contributed by atoms with Crippen LogP contribution < -0.4 is 5.32 Å². The quantitative estimate of drug-likeness (QED) is 0.555. The summed E-state index contributed by atoms with van der Waals surface area (Å²) in [5.74, 6) is -1.70. The molecule has 0 aliphatic heterocycles. The summed E-state index contributed by atoms with van der Waals surface area (Å²) in [5, 5.41) is 12.0. The lowest BCUT2D eigenvalue weighted by molar-refractivity contribution is -0.155. The van der Waals surface area contributed by atoms with Gasteiger partial charge in [0.2, 0.25) is 0 Å². The van der Waals surface area contributed by atoms with E-state index in [9.17, 15) is 19.5 Å². The molecule has 1 atom stereocenters. The summed E-state index contributed by atoms with van der Waals surface area (Å²) in [7, 11) is 0. The molecule has 0 unspecified atom stereocenters. The molecule has 0 aromatic heterocycles. The Morgan fingerprint density at radius 2 is 1.68 bits per heavy atom. The fourth-order valence-electron chi connectivity index (χ4n) is 2.84. The number of carboxylic acids is 1. The van der Waals surface area contributed by atoms with Crippen molar-refractivity contribution in [3.8, 4) is 0 Å². The lowest BCUT2D eigenvalue weighted by Crippen LogP contribution is -2.45. The number of amides is 1. The minimum atomic E-state index is -0.907. The van der Waals surface area contributed by atoms with Crippen molar-refractivity contribution < 1.29 is 29.0 Å². The Hall–Kier alpha value is -2.57. The lowest BCUT2D eigenvalue weighted by atomic mass is 9.79. The first-order valence-corrected chi connectivity index (χ1v) is 9.63. The van der Waals surface area contributed by atoms with Crippen molar-refractivity contribution in [3.63, 3.8) is 0 Å². The molecule has 0 saturated heterocycles. The van der Waals surface area contributed by atoms with Crippen molar-refractivity contribution in [1.29, 1.82) is 0 Å². The van der Waals surface area contributed by atoms with Gasteiger partial charge in [-0.25, -0.2) is 9.59 Å². The topological polar surface area (TPSA) is 102 Å². The SMILES string of the molecule is CCC(CC)(CCOC(=O)[C@@H](NC(=O)OCc1ccccc1)C(C)C)C(=O)O. The fourth-order valence-corrected chi connectivity index (χ4v) is 2.84. The minimum Gasteiger partial charge on any atom is -0.481 e. The summed E-state index contributed by atoms with van der Waals surface area (Å²) in [6.45, 7) is 7.25. The maximum absolute atomic E-state index is 12.4. The molecule has 7 heteroatoms. The largest absolute Gasteiger partial charge is 0.481 e. The summed E-state index contributed by atoms with van der Waals surface area (Å²) in [4.78, 5) is 35.9. The highest BCUT2D eigenvalue weighted by Crippen LogP contribution is 2.31. The Morgan fingerprint density at radius 1 is 1.07 bits per heavy atom. The van der Waals surface area contributed by atoms with Gasteiger partial charge in [0.05, 0.1) is 12.0 Å². The molecule has 156 valence electrons. The van der Waals surface area contributed by atoms with Crippen LogP contribution >= 0.6 is 0 Å². The Labute approximate surface area is 166 Å². The normalized spacial score (nSPS) is 12.3. The monoisotopic (exact) mass is 393 g/mol. The van der Waals surface area contributed by atoms with E-state index in [4.69, 9.17) is 9.47 Å². The van der Waals surface area contributed by atoms with E-state index in [1.807, 2.05) is 30.3 Å². The van der Waals surface area contributed by atoms with Crippen molar-refractivity contribution in [3.05, 3.63) is 35.9 Å². The number of benzene rings is 1. The first-order chi connectivity index (χ1) is 13.3. The molecule has 0 aliphatic carbocycles. The average molecular weight is 393 g/mol. The number of rotatable bonds is 11. The highest BCUT2D eigenvalue weighted by atomic mass is 16.6. The molecule has 1 amide bonds. The molecular weight excluding hydrogens is 362 g/mol. The predicted molar refractivity (Wildman–Crippen MR) is 105 cm³/mol. The van der Waals surface area contributed by atoms with E-state index in [1.165, 1.54) is 0 Å². The molecule has 0 radical (unpaired) electrons. The maximum Gasteiger partial charge on any atom is 0.408 e. The predicted octanol–water partition coefficient (Wildman–Crippen LogP) is 3.76. The second kappa shape index (κ2) is 11.3. The third-order valence-corrected chi connectivity index (χ3v) is 5.04. The van der Waals surface area contributed by atoms with Crippen LogP contribution in [-0.2, 0) is 25.7 Å². The van der Waals surface area contributed by atoms with Crippen molar-refractivity contribution in [1.82, 2.24) is 5.32 Å². The maximum atomic E-state index is 12.4. The molecular formula is C21H31NO6. The van der Waals surface area contributed by atoms with Gasteiger partial charge in [0.15, 0.2) is 0 Å². The van der Waals surface area contributed by atoms with Crippen LogP contribution in [0.25, 0.3) is 0 Å². The van der Waals surface area contributed by atoms with Gasteiger partial charge < -0.3 is 19.9 Å². The van der Waals surface area contributed by atoms with Crippen LogP contribution in [0.2, 0.25) is 0 Å². The Kier molecular flexibility index (Phi) is 9.48. The Bertz CT molecular complexity index is 640. The van der Waals surface area contributed by atoms with Gasteiger partial charge >= 0.3 is 18.0 Å². The summed E-state index contributed by atoms with van der Waals surface area (Å²) >= 11 is 0. The van der Waals surface area contributed by atoms with E-state index in [2.05, 4.69) is 5.32 Å². The zero-order chi connectivity index (χ0) is 21.2. The summed E-state index contributed by atoms with van der Waals surface area (Å²) in [6.07, 6.45) is 0.424. The molecule has 0 heterocycles. The average Bonchev–Trinajstić information content (AvgIpc) is 2.68. The zero-order valence-corrected chi connectivity index (χ0v) is 17.1. The third kappa shape index (κ3) is 6.87. The Morgan fingerprint density at radius 3 is 2.18 bits per heavy atom. The number of carbonyl (C=O) groups excluding carboxylic acids is 2. The van der Waals surface area contributed by atoms with Crippen LogP contribution in [0.4, 0.5) is 4.79 Å². The van der Waals surface area contributed by atoms with Gasteiger partial charge in [-0.1, -0.05) is 58.0 Å². The zero-order valence-electron chi connectivity index (χ0n) is 17.1. The van der Waals surface area contributed by atoms with Gasteiger partial charge in [-0.05, 0) is 30.7 Å². The number of alkyl carbamates (subject to hydrolysis) is 1. The fraction of sp³-hybridized carbons (Fsp3) is 0.571. The number of aliphatic carboxylic acids is 1. The smallest absolute Gasteiger partial charge is 0.408 e. The van der Waals surface area contributed by atoms with Gasteiger partial charge in [-0.3, -0.25) is 4.79 Å². The van der Waals surface area contributed by atoms with Crippen LogP contribution in [0.5, 0.6) is 0 Å². The lowest BCUT2D eigenvalue weighted by Gasteiger charge is -2.27. The number of hydrogen-bond acceptors (Lipinski definition) is 5. The van der Waals surface area contributed by atoms with E-state index >= 15 is 0 Å². The van der Waals surface area contributed by atoms with Crippen molar-refractivity contribution in [2.75, 3.05) is 6.61 Å². The van der Waals surface area contributed by atoms with Crippen molar-refractivity contribution in [2.24, 2.45) is 11.3 Å². The molecule has 0 saturated carbocycles. The molecule has 1 aromatic carbocycles.